The molecule has 1 heterocycles. The molecule has 4 atom stereocenters. The molecule has 0 bridgehead atoms. The van der Waals surface area contributed by atoms with Gasteiger partial charge in [-0.25, -0.2) is 0 Å². The Kier molecular flexibility index (Phi) is 10.0. The molecular formula is C39H43NO6. The number of benzene rings is 3. The summed E-state index contributed by atoms with van der Waals surface area (Å²) in [6.45, 7) is -0.184. The number of carbonyl (C=O) groups is 2. The lowest BCUT2D eigenvalue weighted by Crippen LogP contribution is -2.42. The summed E-state index contributed by atoms with van der Waals surface area (Å²) in [5.74, 6) is -1.44. The van der Waals surface area contributed by atoms with E-state index < -0.39 is 23.9 Å². The van der Waals surface area contributed by atoms with Crippen LogP contribution in [0.25, 0.3) is 11.6 Å². The van der Waals surface area contributed by atoms with Crippen molar-refractivity contribution in [3.8, 4) is 11.5 Å². The van der Waals surface area contributed by atoms with E-state index in [1.165, 1.54) is 4.90 Å². The normalized spacial score (nSPS) is 23.0. The van der Waals surface area contributed by atoms with Gasteiger partial charge in [-0.15, -0.1) is 0 Å². The molecule has 6 rings (SSSR count). The zero-order valence-corrected chi connectivity index (χ0v) is 26.1. The first-order chi connectivity index (χ1) is 22.4. The van der Waals surface area contributed by atoms with E-state index >= 15 is 0 Å². The van der Waals surface area contributed by atoms with E-state index in [0.29, 0.717) is 30.6 Å². The maximum absolute atomic E-state index is 14.0. The van der Waals surface area contributed by atoms with Gasteiger partial charge in [-0.2, -0.15) is 0 Å². The Morgan fingerprint density at radius 2 is 1.63 bits per heavy atom. The number of likely N-dealkylation sites (tertiary alicyclic amines) is 1. The number of phenols is 1. The number of fused-ring (bicyclic) bond motifs is 1. The zero-order valence-electron chi connectivity index (χ0n) is 26.1. The number of amides is 2. The molecule has 7 heteroatoms. The number of ether oxygens (including phenoxy) is 1. The second-order valence-electron chi connectivity index (χ2n) is 12.8. The number of rotatable bonds is 11. The first-order valence-corrected chi connectivity index (χ1v) is 16.5. The smallest absolute Gasteiger partial charge is 0.234 e. The van der Waals surface area contributed by atoms with Crippen LogP contribution in [0, 0.1) is 17.8 Å². The van der Waals surface area contributed by atoms with Crippen molar-refractivity contribution in [2.24, 2.45) is 17.8 Å². The molecule has 46 heavy (non-hydrogen) atoms. The third-order valence-electron chi connectivity index (χ3n) is 9.91. The average molecular weight is 622 g/mol. The highest BCUT2D eigenvalue weighted by molar-refractivity contribution is 6.06. The number of para-hydroxylation sites is 1. The number of allylic oxidation sites excluding steroid dienone is 1. The van der Waals surface area contributed by atoms with Gasteiger partial charge in [-0.1, -0.05) is 86.0 Å². The summed E-state index contributed by atoms with van der Waals surface area (Å²) in [6, 6.07) is 26.3. The summed E-state index contributed by atoms with van der Waals surface area (Å²) in [4.78, 5) is 29.3. The summed E-state index contributed by atoms with van der Waals surface area (Å²) in [7, 11) is 0. The number of carbonyl (C=O) groups excluding carboxylic acids is 2. The van der Waals surface area contributed by atoms with E-state index in [-0.39, 0.29) is 36.8 Å². The van der Waals surface area contributed by atoms with Gasteiger partial charge in [0.2, 0.25) is 11.8 Å². The molecule has 3 aromatic carbocycles. The zero-order chi connectivity index (χ0) is 32.0. The Morgan fingerprint density at radius 1 is 0.913 bits per heavy atom. The van der Waals surface area contributed by atoms with Crippen molar-refractivity contribution >= 4 is 23.5 Å². The average Bonchev–Trinajstić information content (AvgIpc) is 3.34. The van der Waals surface area contributed by atoms with Gasteiger partial charge in [0.25, 0.3) is 0 Å². The quantitative estimate of drug-likeness (QED) is 0.130. The van der Waals surface area contributed by atoms with Crippen LogP contribution in [0.4, 0.5) is 0 Å². The lowest BCUT2D eigenvalue weighted by molar-refractivity contribution is -0.143. The molecule has 2 amide bonds. The van der Waals surface area contributed by atoms with Crippen LogP contribution in [0.1, 0.15) is 62.5 Å². The third-order valence-corrected chi connectivity index (χ3v) is 9.91. The van der Waals surface area contributed by atoms with Crippen LogP contribution >= 0.6 is 0 Å². The minimum atomic E-state index is -0.963. The van der Waals surface area contributed by atoms with Crippen LogP contribution < -0.4 is 4.74 Å². The third kappa shape index (κ3) is 6.81. The number of nitrogens with zero attached hydrogens (tertiary/aromatic N) is 1. The van der Waals surface area contributed by atoms with Crippen LogP contribution in [-0.2, 0) is 9.59 Å². The van der Waals surface area contributed by atoms with E-state index in [4.69, 9.17) is 4.74 Å². The van der Waals surface area contributed by atoms with Gasteiger partial charge in [-0.3, -0.25) is 14.5 Å². The fraction of sp³-hybridized carbons (Fsp3) is 0.385. The lowest BCUT2D eigenvalue weighted by Gasteiger charge is -2.36. The Balaban J connectivity index is 1.31. The van der Waals surface area contributed by atoms with Gasteiger partial charge in [0.15, 0.2) is 0 Å². The molecular weight excluding hydrogens is 578 g/mol. The molecule has 1 aliphatic heterocycles. The minimum Gasteiger partial charge on any atom is -0.508 e. The van der Waals surface area contributed by atoms with Crippen LogP contribution in [0.3, 0.4) is 0 Å². The monoisotopic (exact) mass is 621 g/mol. The van der Waals surface area contributed by atoms with Crippen molar-refractivity contribution in [1.29, 1.82) is 0 Å². The van der Waals surface area contributed by atoms with Crippen molar-refractivity contribution in [2.45, 2.75) is 63.5 Å². The Labute approximate surface area is 270 Å². The van der Waals surface area contributed by atoms with Crippen LogP contribution in [0.5, 0.6) is 11.5 Å². The van der Waals surface area contributed by atoms with Crippen molar-refractivity contribution in [2.75, 3.05) is 13.2 Å². The molecule has 1 saturated heterocycles. The van der Waals surface area contributed by atoms with Gasteiger partial charge < -0.3 is 20.1 Å². The highest BCUT2D eigenvalue weighted by atomic mass is 16.5. The number of phenolic OH excluding ortho intramolecular Hbond substituents is 1. The van der Waals surface area contributed by atoms with Crippen LogP contribution in [0.15, 0.2) is 96.1 Å². The highest BCUT2D eigenvalue weighted by Gasteiger charge is 2.56. The van der Waals surface area contributed by atoms with Crippen molar-refractivity contribution < 1.29 is 29.6 Å². The van der Waals surface area contributed by atoms with Crippen molar-refractivity contribution in [3.63, 3.8) is 0 Å². The Morgan fingerprint density at radius 3 is 2.33 bits per heavy atom. The standard InChI is InChI=1S/C39H43NO6/c41-24-34-36(35(43)20-19-28(27-12-4-1-5-13-27)21-26-11-10-16-31(42)22-26)29(25-46-32-17-8-3-9-18-32)23-33-37(34)39(45)40(38(33)44)30-14-6-2-7-15-30/h1,3-5,8-13,16-18,21-22,30,33-35,37,41-43H,2,6-7,14-15,19-20,23-25H2/b28-21-/t33-,34+,35-,37-/m1/s1. The number of aromatic hydroxyl groups is 1. The molecule has 240 valence electrons. The Hall–Kier alpha value is -4.20. The second kappa shape index (κ2) is 14.5. The summed E-state index contributed by atoms with van der Waals surface area (Å²) >= 11 is 0. The van der Waals surface area contributed by atoms with E-state index in [2.05, 4.69) is 0 Å². The molecule has 3 N–H and O–H groups in total. The van der Waals surface area contributed by atoms with Crippen molar-refractivity contribution in [1.82, 2.24) is 4.90 Å². The molecule has 2 aliphatic carbocycles. The topological polar surface area (TPSA) is 107 Å². The van der Waals surface area contributed by atoms with Gasteiger partial charge in [0, 0.05) is 12.0 Å². The minimum absolute atomic E-state index is 0.0907. The van der Waals surface area contributed by atoms with Gasteiger partial charge in [0.05, 0.1) is 24.5 Å². The van der Waals surface area contributed by atoms with E-state index in [9.17, 15) is 24.9 Å². The van der Waals surface area contributed by atoms with Gasteiger partial charge in [0.1, 0.15) is 18.1 Å². The molecule has 7 nitrogen and oxygen atoms in total. The van der Waals surface area contributed by atoms with Crippen LogP contribution in [-0.4, -0.2) is 57.4 Å². The molecule has 0 aromatic heterocycles. The predicted octanol–water partition coefficient (Wildman–Crippen LogP) is 6.40. The van der Waals surface area contributed by atoms with Crippen molar-refractivity contribution in [3.05, 3.63) is 107 Å². The lowest BCUT2D eigenvalue weighted by atomic mass is 9.68. The number of imide groups is 1. The first-order valence-electron chi connectivity index (χ1n) is 16.5. The van der Waals surface area contributed by atoms with Crippen LogP contribution in [0.2, 0.25) is 0 Å². The second-order valence-corrected chi connectivity index (χ2v) is 12.8. The SMILES string of the molecule is O=C1[C@@H]2[C@@H](CC(COc3ccccc3)=C([C@H](O)CC/C(=C/c3cccc(O)c3)c3ccccc3)[C@@H]2CO)C(=O)N1C1CCCCC1. The molecule has 2 fully saturated rings. The summed E-state index contributed by atoms with van der Waals surface area (Å²) < 4.78 is 6.16. The first kappa shape index (κ1) is 31.8. The highest BCUT2D eigenvalue weighted by Crippen LogP contribution is 2.48. The molecule has 0 spiro atoms. The molecule has 0 radical (unpaired) electrons. The van der Waals surface area contributed by atoms with E-state index in [1.807, 2.05) is 72.8 Å². The molecule has 0 unspecified atom stereocenters. The summed E-state index contributed by atoms with van der Waals surface area (Å²) in [5.41, 5.74) is 4.23. The number of hydrogen-bond acceptors (Lipinski definition) is 6. The molecule has 1 saturated carbocycles. The maximum Gasteiger partial charge on any atom is 0.234 e. The summed E-state index contributed by atoms with van der Waals surface area (Å²) in [6.07, 6.45) is 6.96. The van der Waals surface area contributed by atoms with E-state index in [0.717, 1.165) is 54.4 Å². The number of hydrogen-bond donors (Lipinski definition) is 3. The fourth-order valence-electron chi connectivity index (χ4n) is 7.72. The molecule has 3 aliphatic rings. The summed E-state index contributed by atoms with van der Waals surface area (Å²) in [5, 5.41) is 32.8. The number of aliphatic hydroxyl groups is 2. The van der Waals surface area contributed by atoms with Gasteiger partial charge in [-0.05, 0) is 84.2 Å². The van der Waals surface area contributed by atoms with E-state index in [1.54, 1.807) is 18.2 Å². The molecule has 3 aromatic rings. The maximum atomic E-state index is 14.0. The fourth-order valence-corrected chi connectivity index (χ4v) is 7.72. The van der Waals surface area contributed by atoms with Gasteiger partial charge >= 0.3 is 0 Å². The number of aliphatic hydroxyl groups excluding tert-OH is 2. The predicted molar refractivity (Wildman–Crippen MR) is 178 cm³/mol. The largest absolute Gasteiger partial charge is 0.508 e. The Bertz CT molecular complexity index is 1580.